The van der Waals surface area contributed by atoms with Crippen LogP contribution in [-0.2, 0) is 19.1 Å². The molecule has 3 fully saturated rings. The van der Waals surface area contributed by atoms with Gasteiger partial charge in [0.2, 0.25) is 11.8 Å². The van der Waals surface area contributed by atoms with Crippen LogP contribution >= 0.6 is 0 Å². The van der Waals surface area contributed by atoms with E-state index in [0.29, 0.717) is 32.0 Å². The fourth-order valence-electron chi connectivity index (χ4n) is 3.57. The summed E-state index contributed by atoms with van der Waals surface area (Å²) >= 11 is 0. The molecule has 0 aromatic carbocycles. The quantitative estimate of drug-likeness (QED) is 0.613. The summed E-state index contributed by atoms with van der Waals surface area (Å²) in [4.78, 5) is 24.3. The molecule has 3 atom stereocenters. The van der Waals surface area contributed by atoms with E-state index < -0.39 is 6.10 Å². The summed E-state index contributed by atoms with van der Waals surface area (Å²) in [6.07, 6.45) is 5.03. The largest absolute Gasteiger partial charge is 0.394 e. The molecule has 3 aliphatic rings. The van der Waals surface area contributed by atoms with Crippen molar-refractivity contribution in [2.75, 3.05) is 26.4 Å². The van der Waals surface area contributed by atoms with E-state index in [1.807, 2.05) is 0 Å². The van der Waals surface area contributed by atoms with E-state index in [2.05, 4.69) is 10.6 Å². The number of hydrogen-bond acceptors (Lipinski definition) is 5. The summed E-state index contributed by atoms with van der Waals surface area (Å²) < 4.78 is 11.2. The number of rotatable bonds is 7. The molecule has 0 radical (unpaired) electrons. The average molecular weight is 354 g/mol. The van der Waals surface area contributed by atoms with Crippen molar-refractivity contribution in [1.29, 1.82) is 0 Å². The first-order valence-electron chi connectivity index (χ1n) is 9.57. The Balaban J connectivity index is 1.42. The minimum absolute atomic E-state index is 0.0123. The van der Waals surface area contributed by atoms with Gasteiger partial charge in [-0.25, -0.2) is 0 Å². The van der Waals surface area contributed by atoms with E-state index in [-0.39, 0.29) is 36.5 Å². The van der Waals surface area contributed by atoms with Crippen LogP contribution in [0.3, 0.4) is 0 Å². The highest BCUT2D eigenvalue weighted by Crippen LogP contribution is 2.28. The molecular weight excluding hydrogens is 324 g/mol. The summed E-state index contributed by atoms with van der Waals surface area (Å²) in [6.45, 7) is 1.86. The number of aliphatic hydroxyl groups excluding tert-OH is 1. The number of nitrogens with one attached hydrogen (secondary N) is 2. The molecule has 2 saturated heterocycles. The van der Waals surface area contributed by atoms with Crippen molar-refractivity contribution in [3.05, 3.63) is 0 Å². The number of ether oxygens (including phenoxy) is 2. The maximum Gasteiger partial charge on any atom is 0.223 e. The van der Waals surface area contributed by atoms with E-state index in [1.54, 1.807) is 0 Å². The van der Waals surface area contributed by atoms with Gasteiger partial charge in [0.05, 0.1) is 25.2 Å². The van der Waals surface area contributed by atoms with Gasteiger partial charge in [-0.1, -0.05) is 0 Å². The topological polar surface area (TPSA) is 96.9 Å². The van der Waals surface area contributed by atoms with Crippen molar-refractivity contribution < 1.29 is 24.2 Å². The standard InChI is InChI=1S/C18H30N2O5/c21-11-16-15(20-18(23)13-5-7-24-8-6-13)4-3-14(25-16)9-17(22)19-10-12-1-2-12/h12-16,21H,1-11H2,(H,19,22)(H,20,23)/t14-,15-,16-/m1/s1. The minimum Gasteiger partial charge on any atom is -0.394 e. The lowest BCUT2D eigenvalue weighted by atomic mass is 9.94. The van der Waals surface area contributed by atoms with Crippen molar-refractivity contribution in [3.63, 3.8) is 0 Å². The van der Waals surface area contributed by atoms with Crippen molar-refractivity contribution in [3.8, 4) is 0 Å². The van der Waals surface area contributed by atoms with Crippen LogP contribution in [-0.4, -0.2) is 61.5 Å². The molecule has 0 aromatic heterocycles. The smallest absolute Gasteiger partial charge is 0.223 e. The second-order valence-electron chi connectivity index (χ2n) is 7.51. The van der Waals surface area contributed by atoms with Crippen LogP contribution in [0.2, 0.25) is 0 Å². The van der Waals surface area contributed by atoms with Crippen LogP contribution in [0.15, 0.2) is 0 Å². The highest BCUT2D eigenvalue weighted by molar-refractivity contribution is 5.79. The third-order valence-electron chi connectivity index (χ3n) is 5.41. The average Bonchev–Trinajstić information content (AvgIpc) is 3.46. The molecule has 2 aliphatic heterocycles. The molecule has 0 aromatic rings. The first-order chi connectivity index (χ1) is 12.2. The summed E-state index contributed by atoms with van der Waals surface area (Å²) in [5.41, 5.74) is 0. The monoisotopic (exact) mass is 354 g/mol. The Kier molecular flexibility index (Phi) is 6.67. The molecule has 3 rings (SSSR count). The van der Waals surface area contributed by atoms with Gasteiger partial charge in [-0.3, -0.25) is 9.59 Å². The number of carbonyl (C=O) groups is 2. The highest BCUT2D eigenvalue weighted by atomic mass is 16.5. The SMILES string of the molecule is O=C(C[C@H]1CC[C@@H](NC(=O)C2CCOCC2)[C@@H](CO)O1)NCC1CC1. The lowest BCUT2D eigenvalue weighted by molar-refractivity contribution is -0.139. The molecule has 25 heavy (non-hydrogen) atoms. The Morgan fingerprint density at radius 3 is 2.48 bits per heavy atom. The van der Waals surface area contributed by atoms with E-state index >= 15 is 0 Å². The van der Waals surface area contributed by atoms with Crippen LogP contribution in [0.1, 0.15) is 44.9 Å². The van der Waals surface area contributed by atoms with Gasteiger partial charge in [0.1, 0.15) is 6.10 Å². The molecule has 0 bridgehead atoms. The van der Waals surface area contributed by atoms with Gasteiger partial charge in [-0.05, 0) is 44.4 Å². The van der Waals surface area contributed by atoms with Gasteiger partial charge >= 0.3 is 0 Å². The summed E-state index contributed by atoms with van der Waals surface area (Å²) in [5.74, 6) is 0.680. The first kappa shape index (κ1) is 18.6. The van der Waals surface area contributed by atoms with Gasteiger partial charge in [0.25, 0.3) is 0 Å². The maximum atomic E-state index is 12.4. The van der Waals surface area contributed by atoms with Crippen molar-refractivity contribution >= 4 is 11.8 Å². The summed E-state index contributed by atoms with van der Waals surface area (Å²) in [5, 5.41) is 15.6. The third kappa shape index (κ3) is 5.66. The predicted octanol–water partition coefficient (Wildman–Crippen LogP) is 0.354. The van der Waals surface area contributed by atoms with Gasteiger partial charge in [0.15, 0.2) is 0 Å². The lowest BCUT2D eigenvalue weighted by Gasteiger charge is -2.37. The maximum absolute atomic E-state index is 12.4. The van der Waals surface area contributed by atoms with E-state index in [9.17, 15) is 14.7 Å². The van der Waals surface area contributed by atoms with Crippen LogP contribution in [0, 0.1) is 11.8 Å². The lowest BCUT2D eigenvalue weighted by Crippen LogP contribution is -2.53. The highest BCUT2D eigenvalue weighted by Gasteiger charge is 2.34. The zero-order valence-electron chi connectivity index (χ0n) is 14.7. The summed E-state index contributed by atoms with van der Waals surface area (Å²) in [7, 11) is 0. The minimum atomic E-state index is -0.446. The third-order valence-corrected chi connectivity index (χ3v) is 5.41. The molecule has 1 saturated carbocycles. The van der Waals surface area contributed by atoms with Crippen LogP contribution in [0.5, 0.6) is 0 Å². The molecule has 2 amide bonds. The second kappa shape index (κ2) is 8.96. The molecule has 0 unspecified atom stereocenters. The van der Waals surface area contributed by atoms with Crippen molar-refractivity contribution in [2.45, 2.75) is 63.2 Å². The molecule has 0 spiro atoms. The van der Waals surface area contributed by atoms with Gasteiger partial charge in [0, 0.05) is 25.7 Å². The number of hydrogen-bond donors (Lipinski definition) is 3. The fourth-order valence-corrected chi connectivity index (χ4v) is 3.57. The molecule has 2 heterocycles. The normalized spacial score (nSPS) is 30.7. The molecule has 7 nitrogen and oxygen atoms in total. The van der Waals surface area contributed by atoms with E-state index in [4.69, 9.17) is 9.47 Å². The zero-order valence-corrected chi connectivity index (χ0v) is 14.7. The van der Waals surface area contributed by atoms with Crippen LogP contribution in [0.25, 0.3) is 0 Å². The molecule has 1 aliphatic carbocycles. The Labute approximate surface area is 148 Å². The fraction of sp³-hybridized carbons (Fsp3) is 0.889. The molecule has 3 N–H and O–H groups in total. The number of carbonyl (C=O) groups excluding carboxylic acids is 2. The van der Waals surface area contributed by atoms with Gasteiger partial charge in [-0.15, -0.1) is 0 Å². The van der Waals surface area contributed by atoms with Crippen LogP contribution in [0.4, 0.5) is 0 Å². The zero-order chi connectivity index (χ0) is 17.6. The van der Waals surface area contributed by atoms with Gasteiger partial charge < -0.3 is 25.2 Å². The van der Waals surface area contributed by atoms with Gasteiger partial charge in [-0.2, -0.15) is 0 Å². The molecular formula is C18H30N2O5. The Bertz CT molecular complexity index is 462. The van der Waals surface area contributed by atoms with Crippen LogP contribution < -0.4 is 10.6 Å². The Hall–Kier alpha value is -1.18. The molecule has 7 heteroatoms. The number of aliphatic hydroxyl groups is 1. The Morgan fingerprint density at radius 1 is 1.04 bits per heavy atom. The second-order valence-corrected chi connectivity index (χ2v) is 7.51. The van der Waals surface area contributed by atoms with E-state index in [0.717, 1.165) is 25.8 Å². The van der Waals surface area contributed by atoms with Crippen molar-refractivity contribution in [1.82, 2.24) is 10.6 Å². The Morgan fingerprint density at radius 2 is 1.80 bits per heavy atom. The molecule has 142 valence electrons. The number of amides is 2. The van der Waals surface area contributed by atoms with Crippen molar-refractivity contribution in [2.24, 2.45) is 11.8 Å². The van der Waals surface area contributed by atoms with E-state index in [1.165, 1.54) is 12.8 Å². The summed E-state index contributed by atoms with van der Waals surface area (Å²) in [6, 6.07) is -0.189. The predicted molar refractivity (Wildman–Crippen MR) is 90.8 cm³/mol. The first-order valence-corrected chi connectivity index (χ1v) is 9.57.